The van der Waals surface area contributed by atoms with E-state index in [-0.39, 0.29) is 5.97 Å². The largest absolute Gasteiger partial charge is 0.461 e. The van der Waals surface area contributed by atoms with Gasteiger partial charge in [0.05, 0.1) is 0 Å². The molecule has 0 atom stereocenters. The first kappa shape index (κ1) is 17.7. The molecule has 0 saturated heterocycles. The molecule has 0 aliphatic rings. The molecule has 0 radical (unpaired) electrons. The average Bonchev–Trinajstić information content (AvgIpc) is 2.52. The normalized spacial score (nSPS) is 10.6. The Labute approximate surface area is 129 Å². The first-order valence-corrected chi connectivity index (χ1v) is 8.50. The maximum atomic E-state index is 11.7. The van der Waals surface area contributed by atoms with Gasteiger partial charge in [-0.15, -0.1) is 0 Å². The maximum Gasteiger partial charge on any atom is 0.306 e. The van der Waals surface area contributed by atoms with Crippen molar-refractivity contribution in [2.75, 3.05) is 0 Å². The van der Waals surface area contributed by atoms with Crippen LogP contribution in [0, 0.1) is 0 Å². The molecule has 1 aromatic carbocycles. The maximum absolute atomic E-state index is 11.7. The summed E-state index contributed by atoms with van der Waals surface area (Å²) < 4.78 is 5.38. The molecule has 0 unspecified atom stereocenters. The topological polar surface area (TPSA) is 26.3 Å². The lowest BCUT2D eigenvalue weighted by Gasteiger charge is -2.08. The van der Waals surface area contributed by atoms with Gasteiger partial charge in [0.15, 0.2) is 0 Å². The van der Waals surface area contributed by atoms with Crippen molar-refractivity contribution in [3.8, 4) is 0 Å². The highest BCUT2D eigenvalue weighted by molar-refractivity contribution is 5.69. The fraction of sp³-hybridized carbons (Fsp3) is 0.632. The van der Waals surface area contributed by atoms with Crippen LogP contribution in [-0.2, 0) is 22.6 Å². The lowest BCUT2D eigenvalue weighted by molar-refractivity contribution is -0.145. The molecule has 0 N–H and O–H groups in total. The second-order valence-corrected chi connectivity index (χ2v) is 5.65. The molecular formula is C19H30O2. The van der Waals surface area contributed by atoms with Crippen molar-refractivity contribution in [2.24, 2.45) is 0 Å². The van der Waals surface area contributed by atoms with Crippen LogP contribution in [0.4, 0.5) is 0 Å². The second-order valence-electron chi connectivity index (χ2n) is 5.65. The van der Waals surface area contributed by atoms with E-state index in [1.165, 1.54) is 37.7 Å². The van der Waals surface area contributed by atoms with Crippen LogP contribution in [0.2, 0.25) is 0 Å². The molecule has 0 bridgehead atoms. The molecule has 0 saturated carbocycles. The summed E-state index contributed by atoms with van der Waals surface area (Å²) in [5.74, 6) is -0.0607. The predicted molar refractivity (Wildman–Crippen MR) is 88.2 cm³/mol. The number of rotatable bonds is 11. The number of aryl methyl sites for hydroxylation is 1. The van der Waals surface area contributed by atoms with E-state index in [2.05, 4.69) is 19.9 Å². The molecule has 1 rings (SSSR count). The average molecular weight is 290 g/mol. The molecule has 0 aliphatic carbocycles. The minimum Gasteiger partial charge on any atom is -0.461 e. The van der Waals surface area contributed by atoms with E-state index in [1.54, 1.807) is 0 Å². The Bertz CT molecular complexity index is 398. The third-order valence-corrected chi connectivity index (χ3v) is 3.87. The summed E-state index contributed by atoms with van der Waals surface area (Å²) in [6, 6.07) is 8.17. The van der Waals surface area contributed by atoms with Gasteiger partial charge in [0.25, 0.3) is 0 Å². The summed E-state index contributed by atoms with van der Waals surface area (Å²) >= 11 is 0. The highest BCUT2D eigenvalue weighted by Crippen LogP contribution is 2.12. The summed E-state index contributed by atoms with van der Waals surface area (Å²) in [4.78, 5) is 11.7. The van der Waals surface area contributed by atoms with Gasteiger partial charge in [-0.25, -0.2) is 0 Å². The first-order valence-electron chi connectivity index (χ1n) is 8.50. The van der Waals surface area contributed by atoms with E-state index in [9.17, 15) is 4.79 Å². The molecule has 0 amide bonds. The van der Waals surface area contributed by atoms with Crippen LogP contribution in [0.25, 0.3) is 0 Å². The van der Waals surface area contributed by atoms with Crippen molar-refractivity contribution in [1.82, 2.24) is 0 Å². The third kappa shape index (κ3) is 7.89. The van der Waals surface area contributed by atoms with Crippen LogP contribution in [-0.4, -0.2) is 5.97 Å². The zero-order chi connectivity index (χ0) is 15.3. The van der Waals surface area contributed by atoms with Gasteiger partial charge in [-0.1, -0.05) is 76.6 Å². The third-order valence-electron chi connectivity index (χ3n) is 3.87. The molecule has 2 nitrogen and oxygen atoms in total. The van der Waals surface area contributed by atoms with E-state index in [0.717, 1.165) is 24.8 Å². The Morgan fingerprint density at radius 2 is 1.52 bits per heavy atom. The smallest absolute Gasteiger partial charge is 0.306 e. The van der Waals surface area contributed by atoms with Crippen molar-refractivity contribution in [1.29, 1.82) is 0 Å². The molecule has 118 valence electrons. The number of carbonyl (C=O) groups excluding carboxylic acids is 1. The lowest BCUT2D eigenvalue weighted by atomic mass is 10.1. The highest BCUT2D eigenvalue weighted by atomic mass is 16.5. The Hall–Kier alpha value is -1.31. The zero-order valence-corrected chi connectivity index (χ0v) is 13.7. The van der Waals surface area contributed by atoms with Crippen molar-refractivity contribution in [3.05, 3.63) is 35.4 Å². The van der Waals surface area contributed by atoms with Gasteiger partial charge in [-0.3, -0.25) is 4.79 Å². The van der Waals surface area contributed by atoms with E-state index in [1.807, 2.05) is 18.2 Å². The molecule has 0 fully saturated rings. The number of unbranched alkanes of at least 4 members (excludes halogenated alkanes) is 6. The Morgan fingerprint density at radius 1 is 0.905 bits per heavy atom. The number of carbonyl (C=O) groups is 1. The fourth-order valence-electron chi connectivity index (χ4n) is 2.50. The van der Waals surface area contributed by atoms with E-state index >= 15 is 0 Å². The van der Waals surface area contributed by atoms with Crippen molar-refractivity contribution >= 4 is 5.97 Å². The molecule has 1 aromatic rings. The standard InChI is InChI=1S/C19H30O2/c1-3-5-6-7-8-9-10-15-19(20)21-16-18-14-12-11-13-17(18)4-2/h11-14H,3-10,15-16H2,1-2H3. The molecule has 0 spiro atoms. The van der Waals surface area contributed by atoms with Gasteiger partial charge in [0, 0.05) is 6.42 Å². The van der Waals surface area contributed by atoms with Crippen LogP contribution in [0.15, 0.2) is 24.3 Å². The van der Waals surface area contributed by atoms with Crippen molar-refractivity contribution < 1.29 is 9.53 Å². The summed E-state index contributed by atoms with van der Waals surface area (Å²) in [6.45, 7) is 4.77. The molecule has 2 heteroatoms. The number of hydrogen-bond acceptors (Lipinski definition) is 2. The predicted octanol–water partition coefficient (Wildman–Crippen LogP) is 5.43. The summed E-state index contributed by atoms with van der Waals surface area (Å²) in [7, 11) is 0. The van der Waals surface area contributed by atoms with Gasteiger partial charge in [0.1, 0.15) is 6.61 Å². The fourth-order valence-corrected chi connectivity index (χ4v) is 2.50. The second kappa shape index (κ2) is 11.4. The van der Waals surface area contributed by atoms with Crippen LogP contribution >= 0.6 is 0 Å². The molecule has 21 heavy (non-hydrogen) atoms. The zero-order valence-electron chi connectivity index (χ0n) is 13.7. The highest BCUT2D eigenvalue weighted by Gasteiger charge is 2.05. The summed E-state index contributed by atoms with van der Waals surface area (Å²) in [5, 5.41) is 0. The van der Waals surface area contributed by atoms with Gasteiger partial charge in [0.2, 0.25) is 0 Å². The summed E-state index contributed by atoms with van der Waals surface area (Å²) in [5.41, 5.74) is 2.40. The van der Waals surface area contributed by atoms with Gasteiger partial charge in [-0.05, 0) is 24.0 Å². The molecule has 0 aromatic heterocycles. The van der Waals surface area contributed by atoms with Crippen molar-refractivity contribution in [3.63, 3.8) is 0 Å². The minimum absolute atomic E-state index is 0.0607. The number of hydrogen-bond donors (Lipinski definition) is 0. The Morgan fingerprint density at radius 3 is 2.19 bits per heavy atom. The van der Waals surface area contributed by atoms with Gasteiger partial charge < -0.3 is 4.74 Å². The first-order chi connectivity index (χ1) is 10.3. The molecule has 0 aliphatic heterocycles. The van der Waals surface area contributed by atoms with E-state index in [4.69, 9.17) is 4.74 Å². The van der Waals surface area contributed by atoms with Crippen LogP contribution < -0.4 is 0 Å². The van der Waals surface area contributed by atoms with Gasteiger partial charge in [-0.2, -0.15) is 0 Å². The SMILES string of the molecule is CCCCCCCCCC(=O)OCc1ccccc1CC. The number of benzene rings is 1. The lowest BCUT2D eigenvalue weighted by Crippen LogP contribution is -2.05. The van der Waals surface area contributed by atoms with E-state index < -0.39 is 0 Å². The number of ether oxygens (including phenoxy) is 1. The molecular weight excluding hydrogens is 260 g/mol. The van der Waals surface area contributed by atoms with Crippen LogP contribution in [0.3, 0.4) is 0 Å². The minimum atomic E-state index is -0.0607. The van der Waals surface area contributed by atoms with Crippen LogP contribution in [0.1, 0.15) is 76.3 Å². The van der Waals surface area contributed by atoms with Crippen LogP contribution in [0.5, 0.6) is 0 Å². The number of esters is 1. The Kier molecular flexibility index (Phi) is 9.60. The monoisotopic (exact) mass is 290 g/mol. The Balaban J connectivity index is 2.11. The van der Waals surface area contributed by atoms with Gasteiger partial charge >= 0.3 is 5.97 Å². The van der Waals surface area contributed by atoms with Crippen molar-refractivity contribution in [2.45, 2.75) is 78.2 Å². The molecule has 0 heterocycles. The summed E-state index contributed by atoms with van der Waals surface area (Å²) in [6.07, 6.45) is 10.1. The van der Waals surface area contributed by atoms with E-state index in [0.29, 0.717) is 13.0 Å². The quantitative estimate of drug-likeness (QED) is 0.401.